The Labute approximate surface area is 204 Å². The minimum absolute atomic E-state index is 0.0437. The Bertz CT molecular complexity index is 1270. The van der Waals surface area contributed by atoms with E-state index in [0.717, 1.165) is 10.5 Å². The van der Waals surface area contributed by atoms with Gasteiger partial charge in [-0.3, -0.25) is 14.5 Å². The van der Waals surface area contributed by atoms with Crippen molar-refractivity contribution < 1.29 is 27.5 Å². The van der Waals surface area contributed by atoms with Crippen molar-refractivity contribution in [3.8, 4) is 0 Å². The second-order valence-corrected chi connectivity index (χ2v) is 10.8. The molecule has 2 aliphatic heterocycles. The average Bonchev–Trinajstić information content (AvgIpc) is 3.05. The lowest BCUT2D eigenvalue weighted by Crippen LogP contribution is -2.42. The number of aryl methyl sites for hydroxylation is 2. The maximum atomic E-state index is 13.1. The van der Waals surface area contributed by atoms with Crippen molar-refractivity contribution in [2.75, 3.05) is 38.2 Å². The lowest BCUT2D eigenvalue weighted by Gasteiger charge is -2.26. The molecule has 1 atom stereocenters. The number of hydrogen-bond donors (Lipinski definition) is 2. The first-order valence-electron chi connectivity index (χ1n) is 11.2. The van der Waals surface area contributed by atoms with Gasteiger partial charge in [-0.25, -0.2) is 13.2 Å². The third kappa shape index (κ3) is 4.79. The third-order valence-corrected chi connectivity index (χ3v) is 8.19. The van der Waals surface area contributed by atoms with Crippen LogP contribution in [0.25, 0.3) is 0 Å². The molecule has 0 spiro atoms. The van der Waals surface area contributed by atoms with Gasteiger partial charge < -0.3 is 15.4 Å². The predicted molar refractivity (Wildman–Crippen MR) is 128 cm³/mol. The summed E-state index contributed by atoms with van der Waals surface area (Å²) in [6, 6.07) is 11.0. The van der Waals surface area contributed by atoms with Crippen LogP contribution in [0.15, 0.2) is 47.4 Å². The summed E-state index contributed by atoms with van der Waals surface area (Å²) in [6.07, 6.45) is 0. The number of hydrogen-bond acceptors (Lipinski definition) is 6. The standard InChI is InChI=1S/C24H28N4O6S/c1-16-4-7-18(8-5-16)24(3)22(30)28(23(31)26-24)15-21(29)25-20-14-19(9-6-17(20)2)35(32,33)27-10-12-34-13-11-27/h4-9,14H,10-13,15H2,1-3H3,(H,25,29)(H,26,31)/t24-/m1/s1. The summed E-state index contributed by atoms with van der Waals surface area (Å²) < 4.78 is 32.5. The predicted octanol–water partition coefficient (Wildman–Crippen LogP) is 1.73. The number of nitrogens with one attached hydrogen (secondary N) is 2. The Morgan fingerprint density at radius 2 is 1.74 bits per heavy atom. The Morgan fingerprint density at radius 1 is 1.09 bits per heavy atom. The highest BCUT2D eigenvalue weighted by Crippen LogP contribution is 2.29. The molecule has 2 heterocycles. The Morgan fingerprint density at radius 3 is 2.40 bits per heavy atom. The van der Waals surface area contributed by atoms with E-state index in [2.05, 4.69) is 10.6 Å². The topological polar surface area (TPSA) is 125 Å². The van der Waals surface area contributed by atoms with E-state index in [1.807, 2.05) is 19.1 Å². The van der Waals surface area contributed by atoms with E-state index in [4.69, 9.17) is 4.74 Å². The quantitative estimate of drug-likeness (QED) is 0.582. The number of amides is 4. The number of anilines is 1. The number of rotatable bonds is 6. The van der Waals surface area contributed by atoms with Crippen molar-refractivity contribution in [2.45, 2.75) is 31.2 Å². The van der Waals surface area contributed by atoms with E-state index in [1.165, 1.54) is 16.4 Å². The van der Waals surface area contributed by atoms with Crippen molar-refractivity contribution in [2.24, 2.45) is 0 Å². The number of morpholine rings is 1. The van der Waals surface area contributed by atoms with E-state index in [1.54, 1.807) is 32.0 Å². The van der Waals surface area contributed by atoms with Gasteiger partial charge in [-0.15, -0.1) is 0 Å². The molecule has 10 nitrogen and oxygen atoms in total. The fourth-order valence-corrected chi connectivity index (χ4v) is 5.52. The number of nitrogens with zero attached hydrogens (tertiary/aromatic N) is 2. The van der Waals surface area contributed by atoms with Gasteiger partial charge in [0.05, 0.1) is 18.1 Å². The third-order valence-electron chi connectivity index (χ3n) is 6.30. The van der Waals surface area contributed by atoms with Crippen molar-refractivity contribution in [3.05, 3.63) is 59.2 Å². The van der Waals surface area contributed by atoms with E-state index >= 15 is 0 Å². The number of urea groups is 1. The summed E-state index contributed by atoms with van der Waals surface area (Å²) in [5, 5.41) is 5.32. The SMILES string of the molecule is Cc1ccc([C@@]2(C)NC(=O)N(CC(=O)Nc3cc(S(=O)(=O)N4CCOCC4)ccc3C)C2=O)cc1. The first-order chi connectivity index (χ1) is 16.5. The Balaban J connectivity index is 1.49. The van der Waals surface area contributed by atoms with E-state index in [-0.39, 0.29) is 23.7 Å². The van der Waals surface area contributed by atoms with Gasteiger partial charge in [0.25, 0.3) is 5.91 Å². The largest absolute Gasteiger partial charge is 0.379 e. The summed E-state index contributed by atoms with van der Waals surface area (Å²) >= 11 is 0. The van der Waals surface area contributed by atoms with Crippen LogP contribution >= 0.6 is 0 Å². The fourth-order valence-electron chi connectivity index (χ4n) is 4.09. The minimum Gasteiger partial charge on any atom is -0.379 e. The van der Waals surface area contributed by atoms with Gasteiger partial charge in [0.15, 0.2) is 0 Å². The van der Waals surface area contributed by atoms with Crippen LogP contribution < -0.4 is 10.6 Å². The Kier molecular flexibility index (Phi) is 6.67. The molecule has 35 heavy (non-hydrogen) atoms. The minimum atomic E-state index is -3.75. The molecule has 2 fully saturated rings. The summed E-state index contributed by atoms with van der Waals surface area (Å²) in [5.41, 5.74) is 1.27. The number of ether oxygens (including phenoxy) is 1. The van der Waals surface area contributed by atoms with Gasteiger partial charge in [-0.1, -0.05) is 35.9 Å². The van der Waals surface area contributed by atoms with Crippen LogP contribution in [0.2, 0.25) is 0 Å². The molecular formula is C24H28N4O6S. The summed E-state index contributed by atoms with van der Waals surface area (Å²) in [5.74, 6) is -1.16. The molecule has 0 aliphatic carbocycles. The lowest BCUT2D eigenvalue weighted by molar-refractivity contribution is -0.133. The highest BCUT2D eigenvalue weighted by Gasteiger charge is 2.49. The maximum absolute atomic E-state index is 13.1. The van der Waals surface area contributed by atoms with Crippen LogP contribution in [0, 0.1) is 13.8 Å². The molecule has 2 aliphatic rings. The van der Waals surface area contributed by atoms with Gasteiger partial charge in [-0.05, 0) is 44.0 Å². The van der Waals surface area contributed by atoms with E-state index in [9.17, 15) is 22.8 Å². The number of carbonyl (C=O) groups is 3. The molecule has 2 aromatic rings. The van der Waals surface area contributed by atoms with Gasteiger partial charge in [0.1, 0.15) is 12.1 Å². The molecule has 2 aromatic carbocycles. The van der Waals surface area contributed by atoms with Crippen molar-refractivity contribution >= 4 is 33.6 Å². The molecular weight excluding hydrogens is 472 g/mol. The zero-order chi connectivity index (χ0) is 25.4. The summed E-state index contributed by atoms with van der Waals surface area (Å²) in [6.45, 7) is 5.88. The first-order valence-corrected chi connectivity index (χ1v) is 12.7. The average molecular weight is 501 g/mol. The number of imide groups is 1. The van der Waals surface area contributed by atoms with Gasteiger partial charge in [0.2, 0.25) is 15.9 Å². The highest BCUT2D eigenvalue weighted by atomic mass is 32.2. The van der Waals surface area contributed by atoms with Crippen LogP contribution in [0.3, 0.4) is 0 Å². The molecule has 0 radical (unpaired) electrons. The van der Waals surface area contributed by atoms with Crippen LogP contribution in [0.5, 0.6) is 0 Å². The molecule has 0 saturated carbocycles. The monoisotopic (exact) mass is 500 g/mol. The summed E-state index contributed by atoms with van der Waals surface area (Å²) in [7, 11) is -3.75. The van der Waals surface area contributed by atoms with Crippen LogP contribution in [-0.4, -0.2) is 68.3 Å². The second-order valence-electron chi connectivity index (χ2n) is 8.85. The molecule has 2 saturated heterocycles. The normalized spacial score (nSPS) is 21.2. The molecule has 0 aromatic heterocycles. The molecule has 0 unspecified atom stereocenters. The van der Waals surface area contributed by atoms with Crippen LogP contribution in [-0.2, 0) is 29.9 Å². The molecule has 4 amide bonds. The van der Waals surface area contributed by atoms with Gasteiger partial charge in [0, 0.05) is 18.8 Å². The first kappa shape index (κ1) is 24.8. The van der Waals surface area contributed by atoms with Gasteiger partial charge in [-0.2, -0.15) is 4.31 Å². The fraction of sp³-hybridized carbons (Fsp3) is 0.375. The molecule has 0 bridgehead atoms. The lowest BCUT2D eigenvalue weighted by atomic mass is 9.91. The second kappa shape index (κ2) is 9.40. The highest BCUT2D eigenvalue weighted by molar-refractivity contribution is 7.89. The number of sulfonamides is 1. The zero-order valence-electron chi connectivity index (χ0n) is 19.8. The molecule has 2 N–H and O–H groups in total. The van der Waals surface area contributed by atoms with Crippen molar-refractivity contribution in [1.82, 2.24) is 14.5 Å². The van der Waals surface area contributed by atoms with E-state index < -0.39 is 40.0 Å². The van der Waals surface area contributed by atoms with Crippen molar-refractivity contribution in [3.63, 3.8) is 0 Å². The summed E-state index contributed by atoms with van der Waals surface area (Å²) in [4.78, 5) is 39.4. The number of benzene rings is 2. The maximum Gasteiger partial charge on any atom is 0.325 e. The van der Waals surface area contributed by atoms with Gasteiger partial charge >= 0.3 is 6.03 Å². The molecule has 186 valence electrons. The Hall–Kier alpha value is -3.28. The van der Waals surface area contributed by atoms with Crippen LogP contribution in [0.4, 0.5) is 10.5 Å². The number of carbonyl (C=O) groups excluding carboxylic acids is 3. The molecule has 11 heteroatoms. The molecule has 4 rings (SSSR count). The zero-order valence-corrected chi connectivity index (χ0v) is 20.6. The smallest absolute Gasteiger partial charge is 0.325 e. The van der Waals surface area contributed by atoms with Crippen molar-refractivity contribution in [1.29, 1.82) is 0 Å². The van der Waals surface area contributed by atoms with Crippen LogP contribution in [0.1, 0.15) is 23.6 Å². The van der Waals surface area contributed by atoms with E-state index in [0.29, 0.717) is 24.3 Å².